The molecular formula is C16H21NO3. The quantitative estimate of drug-likeness (QED) is 0.840. The van der Waals surface area contributed by atoms with E-state index >= 15 is 0 Å². The molecule has 0 bridgehead atoms. The number of hydrogen-bond donors (Lipinski definition) is 0. The highest BCUT2D eigenvalue weighted by atomic mass is 16.5. The third-order valence-electron chi connectivity index (χ3n) is 3.77. The Bertz CT molecular complexity index is 657. The Morgan fingerprint density at radius 3 is 2.25 bits per heavy atom. The maximum Gasteiger partial charge on any atom is 0.258 e. The summed E-state index contributed by atoms with van der Waals surface area (Å²) >= 11 is 0. The second kappa shape index (κ2) is 5.99. The van der Waals surface area contributed by atoms with Crippen LogP contribution in [0.25, 0.3) is 10.8 Å². The molecule has 4 nitrogen and oxygen atoms in total. The van der Waals surface area contributed by atoms with E-state index < -0.39 is 0 Å². The summed E-state index contributed by atoms with van der Waals surface area (Å²) in [6.07, 6.45) is 3.75. The first-order valence-corrected chi connectivity index (χ1v) is 6.93. The number of methoxy groups -OCH3 is 2. The lowest BCUT2D eigenvalue weighted by molar-refractivity contribution is 0.355. The number of hydrogen-bond acceptors (Lipinski definition) is 3. The molecule has 1 aromatic carbocycles. The summed E-state index contributed by atoms with van der Waals surface area (Å²) in [6.45, 7) is 4.19. The maximum absolute atomic E-state index is 12.6. The Morgan fingerprint density at radius 1 is 1.10 bits per heavy atom. The zero-order valence-electron chi connectivity index (χ0n) is 12.5. The summed E-state index contributed by atoms with van der Waals surface area (Å²) < 4.78 is 12.4. The molecule has 0 unspecified atom stereocenters. The first kappa shape index (κ1) is 14.4. The van der Waals surface area contributed by atoms with Crippen molar-refractivity contribution in [3.05, 3.63) is 34.7 Å². The Kier molecular flexibility index (Phi) is 4.32. The van der Waals surface area contributed by atoms with E-state index in [2.05, 4.69) is 13.8 Å². The van der Waals surface area contributed by atoms with Gasteiger partial charge in [0.2, 0.25) is 0 Å². The van der Waals surface area contributed by atoms with E-state index in [4.69, 9.17) is 9.47 Å². The number of fused-ring (bicyclic) bond motifs is 1. The van der Waals surface area contributed by atoms with Gasteiger partial charge in [-0.05, 0) is 36.4 Å². The smallest absolute Gasteiger partial charge is 0.258 e. The SMILES string of the molecule is CCC(CC)n1ccc2cc(OC)c(OC)cc2c1=O. The minimum atomic E-state index is 0.0251. The Morgan fingerprint density at radius 2 is 1.70 bits per heavy atom. The number of rotatable bonds is 5. The fourth-order valence-electron chi connectivity index (χ4n) is 2.55. The van der Waals surface area contributed by atoms with Crippen LogP contribution in [0, 0.1) is 0 Å². The Labute approximate surface area is 118 Å². The van der Waals surface area contributed by atoms with E-state index in [9.17, 15) is 4.79 Å². The largest absolute Gasteiger partial charge is 0.493 e. The summed E-state index contributed by atoms with van der Waals surface area (Å²) in [5.41, 5.74) is 0.0251. The van der Waals surface area contributed by atoms with E-state index in [0.717, 1.165) is 18.2 Å². The predicted octanol–water partition coefficient (Wildman–Crippen LogP) is 3.38. The van der Waals surface area contributed by atoms with Gasteiger partial charge in [-0.3, -0.25) is 4.79 Å². The van der Waals surface area contributed by atoms with Gasteiger partial charge >= 0.3 is 0 Å². The second-order valence-corrected chi connectivity index (χ2v) is 4.79. The number of pyridine rings is 1. The van der Waals surface area contributed by atoms with Crippen molar-refractivity contribution in [2.45, 2.75) is 32.7 Å². The zero-order chi connectivity index (χ0) is 14.7. The first-order chi connectivity index (χ1) is 9.65. The Balaban J connectivity index is 2.69. The molecule has 0 aliphatic heterocycles. The van der Waals surface area contributed by atoms with Crippen LogP contribution in [0.3, 0.4) is 0 Å². The molecule has 0 atom stereocenters. The average molecular weight is 275 g/mol. The summed E-state index contributed by atoms with van der Waals surface area (Å²) in [7, 11) is 3.17. The summed E-state index contributed by atoms with van der Waals surface area (Å²) in [5, 5.41) is 1.53. The van der Waals surface area contributed by atoms with Crippen molar-refractivity contribution in [3.63, 3.8) is 0 Å². The molecule has 108 valence electrons. The van der Waals surface area contributed by atoms with E-state index in [1.807, 2.05) is 22.9 Å². The highest BCUT2D eigenvalue weighted by molar-refractivity contribution is 5.85. The lowest BCUT2D eigenvalue weighted by Crippen LogP contribution is -2.23. The first-order valence-electron chi connectivity index (χ1n) is 6.93. The van der Waals surface area contributed by atoms with Crippen LogP contribution in [0.5, 0.6) is 11.5 Å². The monoisotopic (exact) mass is 275 g/mol. The van der Waals surface area contributed by atoms with E-state index in [1.165, 1.54) is 0 Å². The molecule has 0 aliphatic carbocycles. The van der Waals surface area contributed by atoms with E-state index in [0.29, 0.717) is 16.9 Å². The molecule has 0 aliphatic rings. The number of benzene rings is 1. The fraction of sp³-hybridized carbons (Fsp3) is 0.438. The average Bonchev–Trinajstić information content (AvgIpc) is 2.49. The third kappa shape index (κ3) is 2.38. The van der Waals surface area contributed by atoms with Crippen molar-refractivity contribution in [2.24, 2.45) is 0 Å². The van der Waals surface area contributed by atoms with Gasteiger partial charge in [-0.15, -0.1) is 0 Å². The van der Waals surface area contributed by atoms with Gasteiger partial charge in [0, 0.05) is 12.2 Å². The van der Waals surface area contributed by atoms with Gasteiger partial charge in [-0.1, -0.05) is 13.8 Å². The van der Waals surface area contributed by atoms with Gasteiger partial charge in [0.1, 0.15) is 0 Å². The van der Waals surface area contributed by atoms with Crippen LogP contribution < -0.4 is 15.0 Å². The molecule has 4 heteroatoms. The fourth-order valence-corrected chi connectivity index (χ4v) is 2.55. The summed E-state index contributed by atoms with van der Waals surface area (Å²) in [6, 6.07) is 5.79. The lowest BCUT2D eigenvalue weighted by atomic mass is 10.1. The molecule has 0 spiro atoms. The summed E-state index contributed by atoms with van der Waals surface area (Å²) in [4.78, 5) is 12.6. The highest BCUT2D eigenvalue weighted by Gasteiger charge is 2.13. The van der Waals surface area contributed by atoms with Crippen molar-refractivity contribution in [3.8, 4) is 11.5 Å². The van der Waals surface area contributed by atoms with Crippen LogP contribution in [0.15, 0.2) is 29.2 Å². The molecule has 0 amide bonds. The van der Waals surface area contributed by atoms with E-state index in [1.54, 1.807) is 20.3 Å². The third-order valence-corrected chi connectivity index (χ3v) is 3.77. The molecular weight excluding hydrogens is 254 g/mol. The van der Waals surface area contributed by atoms with Crippen molar-refractivity contribution in [1.29, 1.82) is 0 Å². The van der Waals surface area contributed by atoms with Gasteiger partial charge in [0.05, 0.1) is 19.6 Å². The van der Waals surface area contributed by atoms with E-state index in [-0.39, 0.29) is 11.6 Å². The molecule has 0 saturated carbocycles. The van der Waals surface area contributed by atoms with Crippen LogP contribution in [0.1, 0.15) is 32.7 Å². The molecule has 0 N–H and O–H groups in total. The van der Waals surface area contributed by atoms with Crippen molar-refractivity contribution in [1.82, 2.24) is 4.57 Å². The maximum atomic E-state index is 12.6. The van der Waals surface area contributed by atoms with Gasteiger partial charge < -0.3 is 14.0 Å². The standard InChI is InChI=1S/C16H21NO3/c1-5-12(6-2)17-8-7-11-9-14(19-3)15(20-4)10-13(11)16(17)18/h7-10,12H,5-6H2,1-4H3. The normalized spacial score (nSPS) is 11.1. The Hall–Kier alpha value is -1.97. The van der Waals surface area contributed by atoms with Crippen LogP contribution in [0.4, 0.5) is 0 Å². The molecule has 2 aromatic rings. The van der Waals surface area contributed by atoms with Gasteiger partial charge in [-0.25, -0.2) is 0 Å². The van der Waals surface area contributed by atoms with Gasteiger partial charge in [-0.2, -0.15) is 0 Å². The highest BCUT2D eigenvalue weighted by Crippen LogP contribution is 2.31. The van der Waals surface area contributed by atoms with Crippen LogP contribution in [-0.2, 0) is 0 Å². The molecule has 0 radical (unpaired) electrons. The van der Waals surface area contributed by atoms with Gasteiger partial charge in [0.15, 0.2) is 11.5 Å². The number of aromatic nitrogens is 1. The molecule has 0 saturated heterocycles. The van der Waals surface area contributed by atoms with Gasteiger partial charge in [0.25, 0.3) is 5.56 Å². The van der Waals surface area contributed by atoms with Crippen LogP contribution >= 0.6 is 0 Å². The number of ether oxygens (including phenoxy) is 2. The lowest BCUT2D eigenvalue weighted by Gasteiger charge is -2.17. The molecule has 1 heterocycles. The topological polar surface area (TPSA) is 40.5 Å². The van der Waals surface area contributed by atoms with Crippen molar-refractivity contribution < 1.29 is 9.47 Å². The number of nitrogens with zero attached hydrogens (tertiary/aromatic N) is 1. The molecule has 0 fully saturated rings. The summed E-state index contributed by atoms with van der Waals surface area (Å²) in [5.74, 6) is 1.22. The minimum absolute atomic E-state index is 0.0251. The molecule has 1 aromatic heterocycles. The molecule has 2 rings (SSSR count). The molecule has 20 heavy (non-hydrogen) atoms. The van der Waals surface area contributed by atoms with Crippen LogP contribution in [0.2, 0.25) is 0 Å². The van der Waals surface area contributed by atoms with Crippen molar-refractivity contribution >= 4 is 10.8 Å². The zero-order valence-corrected chi connectivity index (χ0v) is 12.5. The van der Waals surface area contributed by atoms with Crippen molar-refractivity contribution in [2.75, 3.05) is 14.2 Å². The minimum Gasteiger partial charge on any atom is -0.493 e. The second-order valence-electron chi connectivity index (χ2n) is 4.79. The van der Waals surface area contributed by atoms with Crippen LogP contribution in [-0.4, -0.2) is 18.8 Å². The predicted molar refractivity (Wildman–Crippen MR) is 80.9 cm³/mol.